The summed E-state index contributed by atoms with van der Waals surface area (Å²) in [6.07, 6.45) is -14.7. The number of hydrogen-bond donors (Lipinski definition) is 14. The molecular formula is C68H84N6O20S2. The summed E-state index contributed by atoms with van der Waals surface area (Å²) < 4.78 is 23.2. The highest BCUT2D eigenvalue weighted by Gasteiger charge is 2.57. The number of hydrogen-bond acceptors (Lipinski definition) is 20. The van der Waals surface area contributed by atoms with Gasteiger partial charge in [0.2, 0.25) is 23.6 Å². The van der Waals surface area contributed by atoms with Gasteiger partial charge in [0, 0.05) is 75.5 Å². The van der Waals surface area contributed by atoms with Gasteiger partial charge >= 0.3 is 11.9 Å². The highest BCUT2D eigenvalue weighted by Crippen LogP contribution is 2.36. The Morgan fingerprint density at radius 1 is 0.490 bits per heavy atom. The van der Waals surface area contributed by atoms with Crippen molar-refractivity contribution in [2.45, 2.75) is 125 Å². The van der Waals surface area contributed by atoms with Gasteiger partial charge in [-0.05, 0) is 82.0 Å². The zero-order valence-electron chi connectivity index (χ0n) is 53.1. The maximum atomic E-state index is 12.9. The molecule has 0 radical (unpaired) electrons. The normalized spacial score (nSPS) is 22.0. The van der Waals surface area contributed by atoms with Crippen LogP contribution in [0.5, 0.6) is 0 Å². The smallest absolute Gasteiger partial charge is 0.364 e. The van der Waals surface area contributed by atoms with Gasteiger partial charge in [0.15, 0.2) is 0 Å². The molecular weight excluding hydrogens is 1280 g/mol. The second-order valence-electron chi connectivity index (χ2n) is 23.2. The molecule has 2 aliphatic rings. The van der Waals surface area contributed by atoms with E-state index in [1.165, 1.54) is 47.8 Å². The molecule has 518 valence electrons. The molecule has 7 rings (SSSR count). The van der Waals surface area contributed by atoms with E-state index in [0.29, 0.717) is 58.1 Å². The fourth-order valence-electron chi connectivity index (χ4n) is 10.9. The van der Waals surface area contributed by atoms with Crippen LogP contribution in [0.25, 0.3) is 22.3 Å². The number of carboxylic acids is 2. The maximum absolute atomic E-state index is 12.9. The van der Waals surface area contributed by atoms with Gasteiger partial charge in [-0.2, -0.15) is 23.5 Å². The van der Waals surface area contributed by atoms with Gasteiger partial charge < -0.3 is 91.7 Å². The first-order valence-electron chi connectivity index (χ1n) is 31.3. The Bertz CT molecular complexity index is 3140. The van der Waals surface area contributed by atoms with Crippen LogP contribution in [0.3, 0.4) is 0 Å². The van der Waals surface area contributed by atoms with Crippen molar-refractivity contribution >= 4 is 70.9 Å². The number of aliphatic carboxylic acids is 2. The number of amides is 6. The van der Waals surface area contributed by atoms with E-state index in [-0.39, 0.29) is 39.1 Å². The predicted octanol–water partition coefficient (Wildman–Crippen LogP) is 1.79. The number of nitrogens with one attached hydrogen (secondary N) is 6. The molecule has 5 aromatic carbocycles. The van der Waals surface area contributed by atoms with Crippen molar-refractivity contribution in [1.82, 2.24) is 31.9 Å². The van der Waals surface area contributed by atoms with Crippen LogP contribution >= 0.6 is 23.5 Å². The molecule has 0 unspecified atom stereocenters. The summed E-state index contributed by atoms with van der Waals surface area (Å²) in [6, 6.07) is 37.3. The molecule has 12 atom stereocenters. The number of aliphatic hydroxyl groups excluding tert-OH is 6. The monoisotopic (exact) mass is 1370 g/mol. The van der Waals surface area contributed by atoms with Gasteiger partial charge in [-0.3, -0.25) is 28.8 Å². The molecule has 0 aromatic heterocycles. The molecule has 2 aliphatic heterocycles. The van der Waals surface area contributed by atoms with Crippen LogP contribution in [0.2, 0.25) is 0 Å². The molecule has 0 aliphatic carbocycles. The number of thioether (sulfide) groups is 2. The van der Waals surface area contributed by atoms with E-state index < -0.39 is 146 Å². The summed E-state index contributed by atoms with van der Waals surface area (Å²) in [4.78, 5) is 101. The molecule has 5 aromatic rings. The molecule has 96 heavy (non-hydrogen) atoms. The fourth-order valence-corrected chi connectivity index (χ4v) is 12.4. The Kier molecular flexibility index (Phi) is 29.1. The first-order chi connectivity index (χ1) is 46.0. The topological polar surface area (TPSA) is 408 Å². The Morgan fingerprint density at radius 2 is 0.833 bits per heavy atom. The molecule has 14 N–H and O–H groups in total. The Morgan fingerprint density at radius 3 is 1.17 bits per heavy atom. The first kappa shape index (κ1) is 75.5. The van der Waals surface area contributed by atoms with Gasteiger partial charge in [-0.15, -0.1) is 0 Å². The summed E-state index contributed by atoms with van der Waals surface area (Å²) in [6.45, 7) is 1.49. The summed E-state index contributed by atoms with van der Waals surface area (Å²) >= 11 is 2.85. The van der Waals surface area contributed by atoms with E-state index in [2.05, 4.69) is 31.9 Å². The van der Waals surface area contributed by atoms with Crippen LogP contribution < -0.4 is 31.9 Å². The largest absolute Gasteiger partial charge is 0.477 e. The first-order valence-corrected chi connectivity index (χ1v) is 33.7. The number of rotatable bonds is 36. The third kappa shape index (κ3) is 22.1. The highest BCUT2D eigenvalue weighted by molar-refractivity contribution is 7.99. The SMILES string of the molecule is CC(=O)N[C@H]1[C@H]([C@H](O)[C@H](O)CNC(=O)Cc2ccc(-c3ccccc3)cc2)O[C@@](OCCCSCCNC(=O)c2ccc(C(=O)NCCSCCCO[C@]3(C(=O)O)C[C@H](O)[C@@H](NC(C)=O)[C@H]([C@H](O)[C@H](O)CNC(=O)Cc4ccc(-c5ccccc5)cc4)O3)cc2)(C(=O)O)C[C@@H]1O. The molecule has 6 amide bonds. The van der Waals surface area contributed by atoms with Crippen LogP contribution in [-0.2, 0) is 60.6 Å². The second-order valence-corrected chi connectivity index (χ2v) is 25.6. The van der Waals surface area contributed by atoms with Gasteiger partial charge in [-0.1, -0.05) is 109 Å². The minimum absolute atomic E-state index is 0.0438. The van der Waals surface area contributed by atoms with Crippen molar-refractivity contribution in [3.05, 3.63) is 156 Å². The molecule has 2 fully saturated rings. The molecule has 0 spiro atoms. The summed E-state index contributed by atoms with van der Waals surface area (Å²) in [5, 5.41) is 103. The minimum atomic E-state index is -2.48. The zero-order valence-corrected chi connectivity index (χ0v) is 54.7. The minimum Gasteiger partial charge on any atom is -0.477 e. The lowest BCUT2D eigenvalue weighted by atomic mass is 9.88. The summed E-state index contributed by atoms with van der Waals surface area (Å²) in [5.74, 6) is -9.41. The number of carboxylic acid groups (broad SMARTS) is 2. The van der Waals surface area contributed by atoms with Crippen molar-refractivity contribution in [1.29, 1.82) is 0 Å². The molecule has 28 heteroatoms. The van der Waals surface area contributed by atoms with E-state index >= 15 is 0 Å². The second kappa shape index (κ2) is 37.0. The zero-order chi connectivity index (χ0) is 69.4. The Labute approximate surface area is 563 Å². The van der Waals surface area contributed by atoms with Crippen LogP contribution in [0, 0.1) is 0 Å². The maximum Gasteiger partial charge on any atom is 0.364 e. The average molecular weight is 1370 g/mol. The van der Waals surface area contributed by atoms with E-state index in [0.717, 1.165) is 36.1 Å². The van der Waals surface area contributed by atoms with E-state index in [4.69, 9.17) is 18.9 Å². The lowest BCUT2D eigenvalue weighted by Gasteiger charge is -2.46. The number of aliphatic hydroxyl groups is 6. The Balaban J connectivity index is 0.765. The summed E-state index contributed by atoms with van der Waals surface area (Å²) in [5.41, 5.74) is 5.90. The van der Waals surface area contributed by atoms with Crippen molar-refractivity contribution in [3.63, 3.8) is 0 Å². The molecule has 26 nitrogen and oxygen atoms in total. The lowest BCUT2D eigenvalue weighted by molar-refractivity contribution is -0.310. The van der Waals surface area contributed by atoms with Gasteiger partial charge in [-0.25, -0.2) is 9.59 Å². The van der Waals surface area contributed by atoms with E-state index in [1.807, 2.05) is 84.9 Å². The number of benzene rings is 5. The predicted molar refractivity (Wildman–Crippen MR) is 355 cm³/mol. The van der Waals surface area contributed by atoms with Crippen LogP contribution in [0.4, 0.5) is 0 Å². The number of ether oxygens (including phenoxy) is 4. The van der Waals surface area contributed by atoms with Crippen LogP contribution in [0.1, 0.15) is 71.4 Å². The van der Waals surface area contributed by atoms with Gasteiger partial charge in [0.05, 0.1) is 62.6 Å². The van der Waals surface area contributed by atoms with E-state index in [9.17, 15) is 79.2 Å². The quantitative estimate of drug-likeness (QED) is 0.0254. The standard InChI is InChI=1S/C68H84N6O20S2/c1-41(75)73-57-51(77)37-67(65(87)88,93-61(57)59(83)53(79)39-71-55(81)35-43-15-19-47(20-16-43)45-11-5-3-6-12-45)91-29-9-31-95-33-27-69-63(85)49-23-25-50(26-24-49)64(86)70-28-34-96-32-10-30-92-68(66(89)90)38-52(78)58(74-42(2)76)62(94-68)60(84)54(80)40-72-56(82)36-44-17-21-48(22-18-44)46-13-7-4-8-14-46/h3-8,11-26,51-54,57-62,77-80,83-84H,9-10,27-40H2,1-2H3,(H,69,85)(H,70,86)(H,71,81)(H,72,82)(H,73,75)(H,74,76)(H,87,88)(H,89,90)/t51-,52-,53+,54+,57+,58+,59+,60+,61+,62+,67+,68+/m0/s1. The third-order valence-corrected chi connectivity index (χ3v) is 18.0. The van der Waals surface area contributed by atoms with Crippen LogP contribution in [0.15, 0.2) is 133 Å². The molecule has 0 bridgehead atoms. The van der Waals surface area contributed by atoms with Gasteiger partial charge in [0.25, 0.3) is 23.4 Å². The van der Waals surface area contributed by atoms with Crippen LogP contribution in [-0.4, -0.2) is 223 Å². The fraction of sp³-hybridized carbons (Fsp3) is 0.441. The third-order valence-electron chi connectivity index (χ3n) is 15.9. The molecule has 0 saturated carbocycles. The van der Waals surface area contributed by atoms with Crippen molar-refractivity contribution in [2.24, 2.45) is 0 Å². The number of carbonyl (C=O) groups excluding carboxylic acids is 6. The Hall–Kier alpha value is -7.84. The van der Waals surface area contributed by atoms with Crippen molar-refractivity contribution < 1.29 is 98.2 Å². The molecule has 2 saturated heterocycles. The van der Waals surface area contributed by atoms with Crippen molar-refractivity contribution in [2.75, 3.05) is 62.4 Å². The van der Waals surface area contributed by atoms with Crippen molar-refractivity contribution in [3.8, 4) is 22.3 Å². The van der Waals surface area contributed by atoms with E-state index in [1.54, 1.807) is 24.3 Å². The van der Waals surface area contributed by atoms with Gasteiger partial charge in [0.1, 0.15) is 24.4 Å². The average Bonchev–Trinajstić information content (AvgIpc) is 0.778. The number of carbonyl (C=O) groups is 8. The lowest BCUT2D eigenvalue weighted by Crippen LogP contribution is -2.68. The molecule has 2 heterocycles. The summed E-state index contributed by atoms with van der Waals surface area (Å²) in [7, 11) is 0. The highest BCUT2D eigenvalue weighted by atomic mass is 32.2.